The Morgan fingerprint density at radius 2 is 2.11 bits per heavy atom. The van der Waals surface area contributed by atoms with Gasteiger partial charge in [0.15, 0.2) is 5.69 Å². The predicted octanol–water partition coefficient (Wildman–Crippen LogP) is -0.482. The lowest BCUT2D eigenvalue weighted by atomic mass is 10.2. The number of carbonyl (C=O) groups is 2. The van der Waals surface area contributed by atoms with Gasteiger partial charge in [0.05, 0.1) is 13.7 Å². The van der Waals surface area contributed by atoms with Crippen molar-refractivity contribution in [3.63, 3.8) is 0 Å². The van der Waals surface area contributed by atoms with Gasteiger partial charge in [0.25, 0.3) is 0 Å². The Morgan fingerprint density at radius 1 is 1.44 bits per heavy atom. The molecule has 1 atom stereocenters. The summed E-state index contributed by atoms with van der Waals surface area (Å²) in [7, 11) is 4.25. The van der Waals surface area contributed by atoms with E-state index in [4.69, 9.17) is 4.74 Å². The molecule has 0 aromatic carbocycles. The molecule has 0 aliphatic heterocycles. The second kappa shape index (κ2) is 6.10. The summed E-state index contributed by atoms with van der Waals surface area (Å²) < 4.78 is 10.9. The monoisotopic (exact) mass is 256 g/mol. The van der Waals surface area contributed by atoms with Crippen LogP contribution in [-0.2, 0) is 20.9 Å². The van der Waals surface area contributed by atoms with Crippen molar-refractivity contribution in [3.05, 3.63) is 11.4 Å². The van der Waals surface area contributed by atoms with E-state index in [2.05, 4.69) is 20.4 Å². The van der Waals surface area contributed by atoms with Gasteiger partial charge in [0.2, 0.25) is 5.91 Å². The molecule has 18 heavy (non-hydrogen) atoms. The van der Waals surface area contributed by atoms with Crippen LogP contribution in [-0.4, -0.2) is 48.1 Å². The van der Waals surface area contributed by atoms with Crippen LogP contribution in [0, 0.1) is 0 Å². The molecule has 8 heteroatoms. The molecule has 0 radical (unpaired) electrons. The third-order valence-corrected chi connectivity index (χ3v) is 2.44. The number of nitrogens with zero attached hydrogens (tertiary/aromatic N) is 3. The number of carbonyl (C=O) groups excluding carboxylic acids is 2. The third-order valence-electron chi connectivity index (χ3n) is 2.44. The van der Waals surface area contributed by atoms with E-state index < -0.39 is 12.0 Å². The van der Waals surface area contributed by atoms with Gasteiger partial charge < -0.3 is 14.8 Å². The number of aromatic nitrogens is 3. The predicted molar refractivity (Wildman–Crippen MR) is 60.9 cm³/mol. The van der Waals surface area contributed by atoms with Crippen LogP contribution < -0.4 is 5.32 Å². The minimum absolute atomic E-state index is 0.0510. The summed E-state index contributed by atoms with van der Waals surface area (Å²) in [6.45, 7) is 1.76. The highest BCUT2D eigenvalue weighted by Gasteiger charge is 2.25. The van der Waals surface area contributed by atoms with E-state index in [1.165, 1.54) is 25.9 Å². The van der Waals surface area contributed by atoms with Crippen molar-refractivity contribution in [2.45, 2.75) is 19.6 Å². The van der Waals surface area contributed by atoms with Crippen LogP contribution in [0.1, 0.15) is 29.1 Å². The summed E-state index contributed by atoms with van der Waals surface area (Å²) >= 11 is 0. The molecule has 1 heterocycles. The van der Waals surface area contributed by atoms with Crippen LogP contribution in [0.4, 0.5) is 0 Å². The van der Waals surface area contributed by atoms with Crippen molar-refractivity contribution in [1.82, 2.24) is 20.3 Å². The highest BCUT2D eigenvalue weighted by Crippen LogP contribution is 2.14. The fraction of sp³-hybridized carbons (Fsp3) is 0.600. The average molecular weight is 256 g/mol. The van der Waals surface area contributed by atoms with Gasteiger partial charge in [0, 0.05) is 14.2 Å². The van der Waals surface area contributed by atoms with E-state index in [-0.39, 0.29) is 18.2 Å². The van der Waals surface area contributed by atoms with Crippen LogP contribution in [0.2, 0.25) is 0 Å². The fourth-order valence-corrected chi connectivity index (χ4v) is 1.47. The van der Waals surface area contributed by atoms with Crippen molar-refractivity contribution in [1.29, 1.82) is 0 Å². The Hall–Kier alpha value is -1.96. The summed E-state index contributed by atoms with van der Waals surface area (Å²) in [4.78, 5) is 23.1. The van der Waals surface area contributed by atoms with E-state index in [1.54, 1.807) is 6.92 Å². The molecule has 1 N–H and O–H groups in total. The smallest absolute Gasteiger partial charge is 0.360 e. The van der Waals surface area contributed by atoms with Gasteiger partial charge in [-0.25, -0.2) is 9.48 Å². The number of likely N-dealkylation sites (N-methyl/N-ethyl adjacent to an activating group) is 1. The highest BCUT2D eigenvalue weighted by molar-refractivity contribution is 5.88. The molecule has 0 bridgehead atoms. The number of hydrogen-bond donors (Lipinski definition) is 1. The number of hydrogen-bond acceptors (Lipinski definition) is 6. The Balaban J connectivity index is 3.16. The first-order valence-corrected chi connectivity index (χ1v) is 5.29. The average Bonchev–Trinajstić information content (AvgIpc) is 2.80. The van der Waals surface area contributed by atoms with Crippen LogP contribution in [0.5, 0.6) is 0 Å². The number of amides is 1. The molecule has 1 aromatic heterocycles. The highest BCUT2D eigenvalue weighted by atomic mass is 16.5. The molecule has 1 aromatic rings. The molecule has 0 spiro atoms. The van der Waals surface area contributed by atoms with E-state index in [0.717, 1.165) is 0 Å². The summed E-state index contributed by atoms with van der Waals surface area (Å²) in [5.74, 6) is -0.855. The molecule has 1 amide bonds. The lowest BCUT2D eigenvalue weighted by molar-refractivity contribution is -0.123. The third kappa shape index (κ3) is 2.65. The van der Waals surface area contributed by atoms with Crippen molar-refractivity contribution >= 4 is 11.9 Å². The molecular formula is C10H16N4O4. The zero-order valence-electron chi connectivity index (χ0n) is 10.8. The Morgan fingerprint density at radius 3 is 2.61 bits per heavy atom. The molecule has 1 unspecified atom stereocenters. The zero-order valence-corrected chi connectivity index (χ0v) is 10.8. The number of nitrogens with one attached hydrogen (secondary N) is 1. The minimum atomic E-state index is -0.614. The van der Waals surface area contributed by atoms with E-state index >= 15 is 0 Å². The van der Waals surface area contributed by atoms with Gasteiger partial charge in [-0.05, 0) is 6.92 Å². The van der Waals surface area contributed by atoms with Crippen molar-refractivity contribution in [2.24, 2.45) is 0 Å². The molecule has 0 saturated carbocycles. The van der Waals surface area contributed by atoms with E-state index in [1.807, 2.05) is 0 Å². The Kier molecular flexibility index (Phi) is 4.78. The zero-order chi connectivity index (χ0) is 13.7. The summed E-state index contributed by atoms with van der Waals surface area (Å²) in [5.41, 5.74) is 0.454. The van der Waals surface area contributed by atoms with Crippen LogP contribution >= 0.6 is 0 Å². The molecule has 100 valence electrons. The van der Waals surface area contributed by atoms with Gasteiger partial charge in [-0.2, -0.15) is 0 Å². The summed E-state index contributed by atoms with van der Waals surface area (Å²) in [6.07, 6.45) is 0. The van der Waals surface area contributed by atoms with Gasteiger partial charge in [-0.1, -0.05) is 5.21 Å². The lowest BCUT2D eigenvalue weighted by Crippen LogP contribution is -2.29. The van der Waals surface area contributed by atoms with Crippen molar-refractivity contribution in [2.75, 3.05) is 21.3 Å². The minimum Gasteiger partial charge on any atom is -0.464 e. The number of ether oxygens (including phenoxy) is 2. The first-order chi connectivity index (χ1) is 8.56. The quantitative estimate of drug-likeness (QED) is 0.715. The standard InChI is InChI=1S/C10H16N4O4/c1-6(9(15)11-2)14-7(5-17-3)8(12-13-14)10(16)18-4/h6H,5H2,1-4H3,(H,11,15). The maximum Gasteiger partial charge on any atom is 0.360 e. The molecule has 1 rings (SSSR count). The van der Waals surface area contributed by atoms with E-state index in [0.29, 0.717) is 5.69 Å². The first-order valence-electron chi connectivity index (χ1n) is 5.29. The number of esters is 1. The normalized spacial score (nSPS) is 12.0. The summed E-state index contributed by atoms with van der Waals surface area (Å²) in [5, 5.41) is 10.0. The maximum atomic E-state index is 11.6. The van der Waals surface area contributed by atoms with Gasteiger partial charge in [-0.3, -0.25) is 4.79 Å². The van der Waals surface area contributed by atoms with Crippen LogP contribution in [0.15, 0.2) is 0 Å². The van der Waals surface area contributed by atoms with Crippen LogP contribution in [0.25, 0.3) is 0 Å². The maximum absolute atomic E-state index is 11.6. The molecule has 0 aliphatic rings. The molecule has 0 saturated heterocycles. The molecule has 0 fully saturated rings. The molecule has 8 nitrogen and oxygen atoms in total. The largest absolute Gasteiger partial charge is 0.464 e. The molecular weight excluding hydrogens is 240 g/mol. The summed E-state index contributed by atoms with van der Waals surface area (Å²) in [6, 6.07) is -0.592. The number of methoxy groups -OCH3 is 2. The van der Waals surface area contributed by atoms with Crippen molar-refractivity contribution < 1.29 is 19.1 Å². The number of rotatable bonds is 5. The Labute approximate surface area is 104 Å². The topological polar surface area (TPSA) is 95.3 Å². The van der Waals surface area contributed by atoms with Gasteiger partial charge >= 0.3 is 5.97 Å². The van der Waals surface area contributed by atoms with Gasteiger partial charge in [-0.15, -0.1) is 5.10 Å². The van der Waals surface area contributed by atoms with E-state index in [9.17, 15) is 9.59 Å². The molecule has 0 aliphatic carbocycles. The van der Waals surface area contributed by atoms with Crippen molar-refractivity contribution in [3.8, 4) is 0 Å². The first kappa shape index (κ1) is 14.1. The van der Waals surface area contributed by atoms with Crippen LogP contribution in [0.3, 0.4) is 0 Å². The van der Waals surface area contributed by atoms with Gasteiger partial charge in [0.1, 0.15) is 11.7 Å². The SMILES string of the molecule is CNC(=O)C(C)n1nnc(C(=O)OC)c1COC. The fourth-order valence-electron chi connectivity index (χ4n) is 1.47. The Bertz CT molecular complexity index is 443. The second-order valence-corrected chi connectivity index (χ2v) is 3.54. The second-order valence-electron chi connectivity index (χ2n) is 3.54. The lowest BCUT2D eigenvalue weighted by Gasteiger charge is -2.13.